The lowest BCUT2D eigenvalue weighted by atomic mass is 10.0. The summed E-state index contributed by atoms with van der Waals surface area (Å²) < 4.78 is 0. The normalized spacial score (nSPS) is 23.0. The van der Waals surface area contributed by atoms with Crippen molar-refractivity contribution in [2.75, 3.05) is 0 Å². The summed E-state index contributed by atoms with van der Waals surface area (Å²) in [6, 6.07) is 0. The van der Waals surface area contributed by atoms with Crippen LogP contribution in [-0.4, -0.2) is 8.83 Å². The summed E-state index contributed by atoms with van der Waals surface area (Å²) in [7, 11) is -0.509. The van der Waals surface area contributed by atoms with Crippen LogP contribution in [0.4, 0.5) is 0 Å². The molecule has 17 heavy (non-hydrogen) atoms. The van der Waals surface area contributed by atoms with Gasteiger partial charge in [0.05, 0.1) is 0 Å². The Balaban J connectivity index is 1.78. The molecule has 0 aromatic carbocycles. The van der Waals surface area contributed by atoms with E-state index < -0.39 is 8.83 Å². The van der Waals surface area contributed by atoms with Crippen molar-refractivity contribution in [1.82, 2.24) is 0 Å². The number of hydrogen-bond acceptors (Lipinski definition) is 0. The third-order valence-electron chi connectivity index (χ3n) is 3.52. The Morgan fingerprint density at radius 2 is 1.65 bits per heavy atom. The maximum atomic E-state index is 6.15. The predicted octanol–water partition coefficient (Wildman–Crippen LogP) is 4.07. The van der Waals surface area contributed by atoms with Crippen LogP contribution in [-0.2, 0) is 0 Å². The minimum Gasteiger partial charge on any atom is -0.170 e. The van der Waals surface area contributed by atoms with Crippen LogP contribution in [0.1, 0.15) is 32.1 Å². The van der Waals surface area contributed by atoms with Crippen LogP contribution in [0.5, 0.6) is 0 Å². The molecule has 0 aromatic heterocycles. The molecule has 0 heterocycles. The van der Waals surface area contributed by atoms with E-state index in [0.29, 0.717) is 0 Å². The zero-order valence-electron chi connectivity index (χ0n) is 10.3. The average molecular weight is 265 g/mol. The monoisotopic (exact) mass is 264 g/mol. The third kappa shape index (κ3) is 4.32. The summed E-state index contributed by atoms with van der Waals surface area (Å²) >= 11 is 6.15. The highest BCUT2D eigenvalue weighted by molar-refractivity contribution is 6.97. The second-order valence-electron chi connectivity index (χ2n) is 5.00. The van der Waals surface area contributed by atoms with Gasteiger partial charge in [0.2, 0.25) is 0 Å². The van der Waals surface area contributed by atoms with Gasteiger partial charge in [0.25, 0.3) is 0 Å². The summed E-state index contributed by atoms with van der Waals surface area (Å²) in [5.41, 5.74) is 0. The van der Waals surface area contributed by atoms with Crippen LogP contribution in [0, 0.1) is 11.8 Å². The zero-order valence-corrected chi connectivity index (χ0v) is 12.5. The van der Waals surface area contributed by atoms with Crippen molar-refractivity contribution in [2.45, 2.75) is 32.1 Å². The molecule has 0 saturated carbocycles. The molecule has 0 unspecified atom stereocenters. The Bertz CT molecular complexity index is 336. The second-order valence-corrected chi connectivity index (χ2v) is 6.97. The molecular weight excluding hydrogens is 244 g/mol. The van der Waals surface area contributed by atoms with Crippen molar-refractivity contribution in [1.29, 1.82) is 0 Å². The second kappa shape index (κ2) is 7.02. The molecule has 0 spiro atoms. The molecule has 0 saturated heterocycles. The molecule has 0 aromatic rings. The number of rotatable bonds is 5. The molecule has 2 aliphatic carbocycles. The summed E-state index contributed by atoms with van der Waals surface area (Å²) in [5.74, 6) is 1.49. The van der Waals surface area contributed by atoms with Crippen LogP contribution in [0.15, 0.2) is 47.7 Å². The SMILES string of the molecule is Cl[SiH2]C(=CC1CC=CC1)CC=CC1CC=CC1. The van der Waals surface area contributed by atoms with Gasteiger partial charge in [-0.25, -0.2) is 0 Å². The van der Waals surface area contributed by atoms with E-state index in [1.165, 1.54) is 30.9 Å². The molecule has 0 fully saturated rings. The van der Waals surface area contributed by atoms with Gasteiger partial charge >= 0.3 is 0 Å². The highest BCUT2D eigenvalue weighted by atomic mass is 35.6. The van der Waals surface area contributed by atoms with E-state index in [-0.39, 0.29) is 0 Å². The molecule has 92 valence electrons. The molecule has 0 nitrogen and oxygen atoms in total. The van der Waals surface area contributed by atoms with E-state index in [2.05, 4.69) is 42.5 Å². The van der Waals surface area contributed by atoms with Gasteiger partial charge in [-0.05, 0) is 43.9 Å². The zero-order chi connectivity index (χ0) is 11.9. The van der Waals surface area contributed by atoms with Crippen molar-refractivity contribution in [3.8, 4) is 0 Å². The third-order valence-corrected chi connectivity index (χ3v) is 5.42. The lowest BCUT2D eigenvalue weighted by Crippen LogP contribution is -1.95. The molecule has 0 atom stereocenters. The fraction of sp³-hybridized carbons (Fsp3) is 0.467. The van der Waals surface area contributed by atoms with Gasteiger partial charge in [0.15, 0.2) is 8.83 Å². The fourth-order valence-electron chi connectivity index (χ4n) is 2.48. The lowest BCUT2D eigenvalue weighted by Gasteiger charge is -2.06. The first kappa shape index (κ1) is 12.9. The van der Waals surface area contributed by atoms with Crippen molar-refractivity contribution in [3.63, 3.8) is 0 Å². The Morgan fingerprint density at radius 3 is 2.24 bits per heavy atom. The van der Waals surface area contributed by atoms with Crippen LogP contribution < -0.4 is 0 Å². The molecule has 2 aliphatic rings. The quantitative estimate of drug-likeness (QED) is 0.399. The van der Waals surface area contributed by atoms with E-state index in [9.17, 15) is 0 Å². The van der Waals surface area contributed by atoms with Gasteiger partial charge < -0.3 is 0 Å². The van der Waals surface area contributed by atoms with Crippen molar-refractivity contribution < 1.29 is 0 Å². The van der Waals surface area contributed by atoms with Gasteiger partial charge in [0.1, 0.15) is 0 Å². The maximum absolute atomic E-state index is 6.15. The van der Waals surface area contributed by atoms with Crippen LogP contribution in [0.25, 0.3) is 0 Å². The Kier molecular flexibility index (Phi) is 5.34. The molecule has 0 bridgehead atoms. The van der Waals surface area contributed by atoms with E-state index in [1.807, 2.05) is 0 Å². The number of hydrogen-bond donors (Lipinski definition) is 0. The summed E-state index contributed by atoms with van der Waals surface area (Å²) in [5, 5.41) is 1.52. The summed E-state index contributed by atoms with van der Waals surface area (Å²) in [6.45, 7) is 0. The van der Waals surface area contributed by atoms with Crippen molar-refractivity contribution >= 4 is 19.9 Å². The van der Waals surface area contributed by atoms with Crippen LogP contribution >= 0.6 is 11.1 Å². The van der Waals surface area contributed by atoms with Gasteiger partial charge in [0, 0.05) is 0 Å². The van der Waals surface area contributed by atoms with Crippen LogP contribution in [0.2, 0.25) is 0 Å². The number of allylic oxidation sites excluding steroid dienone is 8. The Hall–Kier alpha value is -0.533. The van der Waals surface area contributed by atoms with E-state index in [4.69, 9.17) is 11.1 Å². The minimum atomic E-state index is -0.509. The van der Waals surface area contributed by atoms with Gasteiger partial charge in [-0.1, -0.05) is 47.7 Å². The fourth-order valence-corrected chi connectivity index (χ4v) is 3.77. The highest BCUT2D eigenvalue weighted by Gasteiger charge is 2.08. The summed E-state index contributed by atoms with van der Waals surface area (Å²) in [6.07, 6.45) is 22.3. The van der Waals surface area contributed by atoms with Gasteiger partial charge in [-0.15, -0.1) is 0 Å². The average Bonchev–Trinajstić information content (AvgIpc) is 3.00. The minimum absolute atomic E-state index is 0.509. The smallest absolute Gasteiger partial charge is 0.151 e. The first-order valence-corrected chi connectivity index (χ1v) is 9.45. The van der Waals surface area contributed by atoms with Crippen molar-refractivity contribution in [3.05, 3.63) is 47.7 Å². The standard InChI is InChI=1S/C15H21ClSi/c16-17-15(12-14-8-3-4-9-14)11-5-10-13-6-1-2-7-13/h1-5,10,12-14H,6-9,11,17H2. The van der Waals surface area contributed by atoms with E-state index in [0.717, 1.165) is 18.3 Å². The molecule has 0 N–H and O–H groups in total. The predicted molar refractivity (Wildman–Crippen MR) is 80.0 cm³/mol. The number of halogens is 1. The molecular formula is C15H21ClSi. The summed E-state index contributed by atoms with van der Waals surface area (Å²) in [4.78, 5) is 0. The lowest BCUT2D eigenvalue weighted by molar-refractivity contribution is 0.708. The maximum Gasteiger partial charge on any atom is 0.151 e. The van der Waals surface area contributed by atoms with Gasteiger partial charge in [-0.3, -0.25) is 0 Å². The van der Waals surface area contributed by atoms with Crippen molar-refractivity contribution in [2.24, 2.45) is 11.8 Å². The van der Waals surface area contributed by atoms with Crippen LogP contribution in [0.3, 0.4) is 0 Å². The molecule has 2 rings (SSSR count). The highest BCUT2D eigenvalue weighted by Crippen LogP contribution is 2.23. The first-order chi connectivity index (χ1) is 8.38. The molecule has 2 heteroatoms. The molecule has 0 radical (unpaired) electrons. The molecule has 0 amide bonds. The Morgan fingerprint density at radius 1 is 1.06 bits per heavy atom. The molecule has 0 aliphatic heterocycles. The topological polar surface area (TPSA) is 0 Å². The largest absolute Gasteiger partial charge is 0.170 e. The first-order valence-electron chi connectivity index (χ1n) is 6.60. The van der Waals surface area contributed by atoms with E-state index in [1.54, 1.807) is 0 Å². The van der Waals surface area contributed by atoms with Gasteiger partial charge in [-0.2, -0.15) is 11.1 Å². The Labute approximate surface area is 112 Å². The van der Waals surface area contributed by atoms with E-state index >= 15 is 0 Å².